The topological polar surface area (TPSA) is 114 Å². The molecule has 0 spiro atoms. The van der Waals surface area contributed by atoms with Gasteiger partial charge in [0.25, 0.3) is 0 Å². The average molecular weight is 470 g/mol. The van der Waals surface area contributed by atoms with E-state index in [-0.39, 0.29) is 30.3 Å². The molecule has 0 fully saturated rings. The van der Waals surface area contributed by atoms with Crippen LogP contribution in [-0.4, -0.2) is 41.7 Å². The van der Waals surface area contributed by atoms with Crippen molar-refractivity contribution in [2.75, 3.05) is 6.61 Å². The normalized spacial score (nSPS) is 13.9. The van der Waals surface area contributed by atoms with Crippen molar-refractivity contribution in [3.8, 4) is 5.75 Å². The van der Waals surface area contributed by atoms with Crippen molar-refractivity contribution in [1.29, 1.82) is 0 Å². The van der Waals surface area contributed by atoms with Gasteiger partial charge in [-0.3, -0.25) is 9.59 Å². The molecule has 5 N–H and O–H groups in total. The lowest BCUT2D eigenvalue weighted by atomic mass is 10.0. The second-order valence-corrected chi connectivity index (χ2v) is 9.46. The molecule has 7 heteroatoms. The number of hydrogen-bond donors (Lipinski definition) is 4. The maximum atomic E-state index is 13.0. The van der Waals surface area contributed by atoms with Crippen molar-refractivity contribution in [2.24, 2.45) is 17.6 Å². The van der Waals surface area contributed by atoms with Crippen LogP contribution in [0.3, 0.4) is 0 Å². The largest absolute Gasteiger partial charge is 0.489 e. The molecule has 0 saturated heterocycles. The average Bonchev–Trinajstić information content (AvgIpc) is 2.81. The third-order valence-corrected chi connectivity index (χ3v) is 5.64. The van der Waals surface area contributed by atoms with E-state index < -0.39 is 18.1 Å². The standard InChI is InChI=1S/C27H39N3O4/c1-18(2)14-23(28)26(32)29-24(27(33)30-25(16-31)19(3)4)15-20-10-12-22(13-11-20)34-17-21-8-6-5-7-9-21/h5-13,18-19,23-25,31H,14-17,28H2,1-4H3,(H,29,32)(H,30,33). The number of carbonyl (C=O) groups excluding carboxylic acids is 2. The van der Waals surface area contributed by atoms with Gasteiger partial charge in [-0.05, 0) is 41.5 Å². The highest BCUT2D eigenvalue weighted by atomic mass is 16.5. The highest BCUT2D eigenvalue weighted by Gasteiger charge is 2.27. The van der Waals surface area contributed by atoms with Gasteiger partial charge in [0, 0.05) is 6.42 Å². The van der Waals surface area contributed by atoms with Crippen LogP contribution in [0.25, 0.3) is 0 Å². The van der Waals surface area contributed by atoms with Crippen LogP contribution in [0.5, 0.6) is 5.75 Å². The van der Waals surface area contributed by atoms with Gasteiger partial charge in [0.05, 0.1) is 18.7 Å². The van der Waals surface area contributed by atoms with E-state index in [0.29, 0.717) is 19.4 Å². The summed E-state index contributed by atoms with van der Waals surface area (Å²) < 4.78 is 5.83. The van der Waals surface area contributed by atoms with E-state index in [1.165, 1.54) is 0 Å². The highest BCUT2D eigenvalue weighted by molar-refractivity contribution is 5.90. The molecule has 0 aliphatic carbocycles. The zero-order valence-corrected chi connectivity index (χ0v) is 20.7. The summed E-state index contributed by atoms with van der Waals surface area (Å²) >= 11 is 0. The SMILES string of the molecule is CC(C)CC(N)C(=O)NC(Cc1ccc(OCc2ccccc2)cc1)C(=O)NC(CO)C(C)C. The second kappa shape index (κ2) is 13.7. The minimum atomic E-state index is -0.811. The molecule has 0 heterocycles. The smallest absolute Gasteiger partial charge is 0.243 e. The molecule has 3 atom stereocenters. The zero-order chi connectivity index (χ0) is 25.1. The maximum Gasteiger partial charge on any atom is 0.243 e. The Kier molecular flexibility index (Phi) is 11.0. The predicted molar refractivity (Wildman–Crippen MR) is 134 cm³/mol. The molecule has 0 saturated carbocycles. The van der Waals surface area contributed by atoms with Gasteiger partial charge < -0.3 is 26.2 Å². The Morgan fingerprint density at radius 2 is 1.56 bits per heavy atom. The molecule has 2 rings (SSSR count). The number of hydrogen-bond acceptors (Lipinski definition) is 5. The van der Waals surface area contributed by atoms with Crippen LogP contribution in [0.2, 0.25) is 0 Å². The fourth-order valence-corrected chi connectivity index (χ4v) is 3.51. The minimum absolute atomic E-state index is 0.0505. The summed E-state index contributed by atoms with van der Waals surface area (Å²) in [7, 11) is 0. The summed E-state index contributed by atoms with van der Waals surface area (Å²) in [4.78, 5) is 25.7. The molecular formula is C27H39N3O4. The van der Waals surface area contributed by atoms with Crippen LogP contribution >= 0.6 is 0 Å². The summed E-state index contributed by atoms with van der Waals surface area (Å²) in [6.45, 7) is 8.11. The first kappa shape index (κ1) is 27.3. The molecule has 2 amide bonds. The zero-order valence-electron chi connectivity index (χ0n) is 20.7. The summed E-state index contributed by atoms with van der Waals surface area (Å²) in [5.41, 5.74) is 7.98. The Balaban J connectivity index is 2.08. The Hall–Kier alpha value is -2.90. The van der Waals surface area contributed by atoms with E-state index in [1.54, 1.807) is 0 Å². The van der Waals surface area contributed by atoms with Crippen LogP contribution in [0.15, 0.2) is 54.6 Å². The number of nitrogens with two attached hydrogens (primary N) is 1. The Labute approximate surface area is 203 Å². The van der Waals surface area contributed by atoms with Crippen LogP contribution in [0.4, 0.5) is 0 Å². The first-order valence-electron chi connectivity index (χ1n) is 11.9. The number of rotatable bonds is 13. The molecule has 2 aromatic rings. The molecule has 0 aromatic heterocycles. The number of aliphatic hydroxyl groups is 1. The number of ether oxygens (including phenoxy) is 1. The van der Waals surface area contributed by atoms with Gasteiger partial charge in [-0.15, -0.1) is 0 Å². The maximum absolute atomic E-state index is 13.0. The fraction of sp³-hybridized carbons (Fsp3) is 0.481. The van der Waals surface area contributed by atoms with Gasteiger partial charge >= 0.3 is 0 Å². The van der Waals surface area contributed by atoms with E-state index in [9.17, 15) is 14.7 Å². The number of carbonyl (C=O) groups is 2. The molecule has 3 unspecified atom stereocenters. The van der Waals surface area contributed by atoms with Crippen molar-refractivity contribution in [1.82, 2.24) is 10.6 Å². The fourth-order valence-electron chi connectivity index (χ4n) is 3.51. The number of amides is 2. The number of aliphatic hydroxyl groups excluding tert-OH is 1. The van der Waals surface area contributed by atoms with Gasteiger partial charge in [0.1, 0.15) is 18.4 Å². The lowest BCUT2D eigenvalue weighted by Gasteiger charge is -2.26. The van der Waals surface area contributed by atoms with Crippen molar-refractivity contribution in [3.63, 3.8) is 0 Å². The number of nitrogens with one attached hydrogen (secondary N) is 2. The second-order valence-electron chi connectivity index (χ2n) is 9.46. The first-order chi connectivity index (χ1) is 16.2. The molecule has 0 bridgehead atoms. The molecule has 186 valence electrons. The monoisotopic (exact) mass is 469 g/mol. The molecule has 2 aromatic carbocycles. The van der Waals surface area contributed by atoms with Gasteiger partial charge in [0.2, 0.25) is 11.8 Å². The first-order valence-corrected chi connectivity index (χ1v) is 11.9. The third kappa shape index (κ3) is 9.15. The van der Waals surface area contributed by atoms with E-state index >= 15 is 0 Å². The van der Waals surface area contributed by atoms with E-state index in [0.717, 1.165) is 16.9 Å². The summed E-state index contributed by atoms with van der Waals surface area (Å²) in [6.07, 6.45) is 0.820. The lowest BCUT2D eigenvalue weighted by Crippen LogP contribution is -2.55. The van der Waals surface area contributed by atoms with Crippen LogP contribution in [0, 0.1) is 11.8 Å². The molecule has 7 nitrogen and oxygen atoms in total. The molecule has 0 aliphatic heterocycles. The summed E-state index contributed by atoms with van der Waals surface area (Å²) in [5, 5.41) is 15.3. The number of benzene rings is 2. The third-order valence-electron chi connectivity index (χ3n) is 5.64. The summed E-state index contributed by atoms with van der Waals surface area (Å²) in [6, 6.07) is 15.5. The molecule has 34 heavy (non-hydrogen) atoms. The Morgan fingerprint density at radius 1 is 0.912 bits per heavy atom. The minimum Gasteiger partial charge on any atom is -0.489 e. The summed E-state index contributed by atoms with van der Waals surface area (Å²) in [5.74, 6) is 0.325. The van der Waals surface area contributed by atoms with Crippen molar-refractivity contribution < 1.29 is 19.4 Å². The molecular weight excluding hydrogens is 430 g/mol. The van der Waals surface area contributed by atoms with E-state index in [4.69, 9.17) is 10.5 Å². The molecule has 0 aliphatic rings. The van der Waals surface area contributed by atoms with Crippen LogP contribution in [0.1, 0.15) is 45.2 Å². The van der Waals surface area contributed by atoms with Crippen molar-refractivity contribution in [2.45, 2.75) is 65.3 Å². The van der Waals surface area contributed by atoms with Gasteiger partial charge in [-0.2, -0.15) is 0 Å². The quantitative estimate of drug-likeness (QED) is 0.360. The van der Waals surface area contributed by atoms with Crippen LogP contribution in [-0.2, 0) is 22.6 Å². The van der Waals surface area contributed by atoms with E-state index in [1.807, 2.05) is 82.3 Å². The van der Waals surface area contributed by atoms with Gasteiger partial charge in [0.15, 0.2) is 0 Å². The van der Waals surface area contributed by atoms with Crippen molar-refractivity contribution in [3.05, 3.63) is 65.7 Å². The van der Waals surface area contributed by atoms with Gasteiger partial charge in [-0.25, -0.2) is 0 Å². The molecule has 0 radical (unpaired) electrons. The Bertz CT molecular complexity index is 885. The van der Waals surface area contributed by atoms with Crippen LogP contribution < -0.4 is 21.1 Å². The van der Waals surface area contributed by atoms with E-state index in [2.05, 4.69) is 10.6 Å². The Morgan fingerprint density at radius 3 is 2.12 bits per heavy atom. The van der Waals surface area contributed by atoms with Crippen molar-refractivity contribution >= 4 is 11.8 Å². The lowest BCUT2D eigenvalue weighted by molar-refractivity contribution is -0.130. The highest BCUT2D eigenvalue weighted by Crippen LogP contribution is 2.16. The van der Waals surface area contributed by atoms with Gasteiger partial charge in [-0.1, -0.05) is 70.2 Å². The predicted octanol–water partition coefficient (Wildman–Crippen LogP) is 2.80.